The van der Waals surface area contributed by atoms with Crippen LogP contribution in [0.1, 0.15) is 71.6 Å². The monoisotopic (exact) mass is 451 g/mol. The van der Waals surface area contributed by atoms with Gasteiger partial charge in [0, 0.05) is 19.1 Å². The normalized spacial score (nSPS) is 20.6. The molecule has 33 heavy (non-hydrogen) atoms. The fourth-order valence-electron chi connectivity index (χ4n) is 5.03. The van der Waals surface area contributed by atoms with Gasteiger partial charge in [-0.15, -0.1) is 0 Å². The lowest BCUT2D eigenvalue weighted by molar-refractivity contribution is -0.133. The van der Waals surface area contributed by atoms with E-state index in [1.54, 1.807) is 16.4 Å². The first-order valence-electron chi connectivity index (χ1n) is 11.8. The predicted molar refractivity (Wildman–Crippen MR) is 125 cm³/mol. The highest BCUT2D eigenvalue weighted by Gasteiger charge is 2.48. The van der Waals surface area contributed by atoms with E-state index in [9.17, 15) is 14.4 Å². The molecular weight excluding hydrogens is 418 g/mol. The molecule has 1 aliphatic carbocycles. The van der Waals surface area contributed by atoms with E-state index < -0.39 is 5.54 Å². The van der Waals surface area contributed by atoms with Crippen LogP contribution in [0.3, 0.4) is 0 Å². The molecule has 2 aromatic rings. The average Bonchev–Trinajstić information content (AvgIpc) is 3.44. The van der Waals surface area contributed by atoms with Crippen molar-refractivity contribution in [2.45, 2.75) is 71.0 Å². The van der Waals surface area contributed by atoms with Crippen LogP contribution in [0.4, 0.5) is 0 Å². The molecule has 1 aromatic carbocycles. The zero-order valence-corrected chi connectivity index (χ0v) is 19.7. The lowest BCUT2D eigenvalue weighted by Crippen LogP contribution is -2.64. The number of nitrogens with one attached hydrogen (secondary N) is 2. The largest absolute Gasteiger partial charge is 0.351 e. The molecular formula is C25H33N5O3. The third-order valence-electron chi connectivity index (χ3n) is 6.85. The molecule has 0 saturated heterocycles. The van der Waals surface area contributed by atoms with Crippen LogP contribution in [-0.2, 0) is 17.8 Å². The zero-order valence-electron chi connectivity index (χ0n) is 19.7. The van der Waals surface area contributed by atoms with Crippen LogP contribution < -0.4 is 10.6 Å². The first-order chi connectivity index (χ1) is 15.8. The maximum absolute atomic E-state index is 13.4. The first-order valence-corrected chi connectivity index (χ1v) is 11.8. The highest BCUT2D eigenvalue weighted by atomic mass is 16.2. The van der Waals surface area contributed by atoms with E-state index in [0.717, 1.165) is 31.2 Å². The van der Waals surface area contributed by atoms with Gasteiger partial charge in [0.1, 0.15) is 11.2 Å². The molecule has 0 radical (unpaired) electrons. The minimum atomic E-state index is -1.03. The van der Waals surface area contributed by atoms with E-state index in [0.29, 0.717) is 19.5 Å². The Hall–Kier alpha value is -3.16. The molecule has 2 N–H and O–H groups in total. The summed E-state index contributed by atoms with van der Waals surface area (Å²) in [5.74, 6) is -0.859. The fourth-order valence-corrected chi connectivity index (χ4v) is 5.03. The van der Waals surface area contributed by atoms with Crippen molar-refractivity contribution >= 4 is 17.7 Å². The molecule has 1 saturated carbocycles. The number of hydrogen-bond acceptors (Lipinski definition) is 4. The lowest BCUT2D eigenvalue weighted by atomic mass is 9.94. The molecule has 8 nitrogen and oxygen atoms in total. The van der Waals surface area contributed by atoms with Crippen molar-refractivity contribution in [2.24, 2.45) is 0 Å². The number of aryl methyl sites for hydroxylation is 1. The van der Waals surface area contributed by atoms with Crippen molar-refractivity contribution in [1.29, 1.82) is 0 Å². The molecule has 0 unspecified atom stereocenters. The molecule has 8 heteroatoms. The number of likely N-dealkylation sites (N-methyl/N-ethyl adjacent to an activating group) is 1. The van der Waals surface area contributed by atoms with Crippen LogP contribution in [0, 0.1) is 6.92 Å². The van der Waals surface area contributed by atoms with Crippen LogP contribution in [0.15, 0.2) is 30.6 Å². The van der Waals surface area contributed by atoms with Crippen LogP contribution >= 0.6 is 0 Å². The van der Waals surface area contributed by atoms with E-state index in [2.05, 4.69) is 21.7 Å². The Bertz CT molecular complexity index is 1060. The van der Waals surface area contributed by atoms with Gasteiger partial charge < -0.3 is 20.1 Å². The number of carbonyl (C=O) groups excluding carboxylic acids is 3. The van der Waals surface area contributed by atoms with Gasteiger partial charge in [-0.3, -0.25) is 14.4 Å². The summed E-state index contributed by atoms with van der Waals surface area (Å²) in [6.07, 6.45) is 6.38. The SMILES string of the molecule is CCN1C(=O)c2c(C(=O)NCCc3cccc(C)c3)ncn2C[C@]1(C)C(=O)NC1CCCC1. The molecule has 176 valence electrons. The standard InChI is InChI=1S/C25H33N5O3/c1-4-30-23(32)21-20(22(31)26-13-12-18-9-7-8-17(2)14-18)27-16-29(21)15-25(30,3)24(33)28-19-10-5-6-11-19/h7-9,14,16,19H,4-6,10-13,15H2,1-3H3,(H,26,31)(H,28,33)/t25-/m1/s1. The number of rotatable bonds is 7. The van der Waals surface area contributed by atoms with E-state index in [-0.39, 0.29) is 41.7 Å². The van der Waals surface area contributed by atoms with E-state index in [4.69, 9.17) is 0 Å². The summed E-state index contributed by atoms with van der Waals surface area (Å²) in [5, 5.41) is 6.02. The number of aromatic nitrogens is 2. The highest BCUT2D eigenvalue weighted by molar-refractivity contribution is 6.07. The Kier molecular flexibility index (Phi) is 6.54. The van der Waals surface area contributed by atoms with Crippen LogP contribution in [0.25, 0.3) is 0 Å². The second-order valence-electron chi connectivity index (χ2n) is 9.34. The summed E-state index contributed by atoms with van der Waals surface area (Å²) in [4.78, 5) is 45.3. The van der Waals surface area contributed by atoms with Crippen LogP contribution in [0.5, 0.6) is 0 Å². The second-order valence-corrected chi connectivity index (χ2v) is 9.34. The zero-order chi connectivity index (χ0) is 23.6. The van der Waals surface area contributed by atoms with Crippen LogP contribution in [0.2, 0.25) is 0 Å². The molecule has 1 atom stereocenters. The maximum atomic E-state index is 13.4. The van der Waals surface area contributed by atoms with Gasteiger partial charge in [0.25, 0.3) is 11.8 Å². The van der Waals surface area contributed by atoms with Gasteiger partial charge in [0.15, 0.2) is 5.69 Å². The second kappa shape index (κ2) is 9.37. The number of nitrogens with zero attached hydrogens (tertiary/aromatic N) is 3. The van der Waals surface area contributed by atoms with Crippen molar-refractivity contribution < 1.29 is 14.4 Å². The molecule has 2 heterocycles. The molecule has 3 amide bonds. The minimum Gasteiger partial charge on any atom is -0.351 e. The van der Waals surface area contributed by atoms with Crippen molar-refractivity contribution in [2.75, 3.05) is 13.1 Å². The summed E-state index contributed by atoms with van der Waals surface area (Å²) < 4.78 is 1.65. The number of hydrogen-bond donors (Lipinski definition) is 2. The highest BCUT2D eigenvalue weighted by Crippen LogP contribution is 2.29. The average molecular weight is 452 g/mol. The topological polar surface area (TPSA) is 96.3 Å². The van der Waals surface area contributed by atoms with Gasteiger partial charge in [0.2, 0.25) is 5.91 Å². The first kappa shape index (κ1) is 23.0. The maximum Gasteiger partial charge on any atom is 0.273 e. The van der Waals surface area contributed by atoms with Crippen molar-refractivity contribution in [1.82, 2.24) is 25.1 Å². The Morgan fingerprint density at radius 1 is 1.24 bits per heavy atom. The summed E-state index contributed by atoms with van der Waals surface area (Å²) in [6, 6.07) is 8.31. The number of imidazole rings is 1. The summed E-state index contributed by atoms with van der Waals surface area (Å²) in [6.45, 7) is 6.76. The molecule has 1 fully saturated rings. The Balaban J connectivity index is 1.48. The smallest absolute Gasteiger partial charge is 0.273 e. The third-order valence-corrected chi connectivity index (χ3v) is 6.85. The van der Waals surface area contributed by atoms with Gasteiger partial charge in [-0.25, -0.2) is 4.98 Å². The van der Waals surface area contributed by atoms with E-state index >= 15 is 0 Å². The Labute approximate surface area is 194 Å². The van der Waals surface area contributed by atoms with Gasteiger partial charge in [-0.05, 0) is 45.6 Å². The number of carbonyl (C=O) groups is 3. The lowest BCUT2D eigenvalue weighted by Gasteiger charge is -2.43. The van der Waals surface area contributed by atoms with Crippen LogP contribution in [-0.4, -0.2) is 56.8 Å². The molecule has 4 rings (SSSR count). The van der Waals surface area contributed by atoms with Gasteiger partial charge in [-0.1, -0.05) is 42.7 Å². The predicted octanol–water partition coefficient (Wildman–Crippen LogP) is 2.46. The molecule has 0 bridgehead atoms. The molecule has 1 aliphatic heterocycles. The number of benzene rings is 1. The number of fused-ring (bicyclic) bond motifs is 1. The Morgan fingerprint density at radius 3 is 2.70 bits per heavy atom. The van der Waals surface area contributed by atoms with Gasteiger partial charge in [-0.2, -0.15) is 0 Å². The summed E-state index contributed by atoms with van der Waals surface area (Å²) in [5.41, 5.74) is 1.64. The van der Waals surface area contributed by atoms with Gasteiger partial charge >= 0.3 is 0 Å². The van der Waals surface area contributed by atoms with Crippen molar-refractivity contribution in [3.63, 3.8) is 0 Å². The van der Waals surface area contributed by atoms with Crippen molar-refractivity contribution in [3.05, 3.63) is 53.1 Å². The minimum absolute atomic E-state index is 0.112. The number of amides is 3. The molecule has 2 aliphatic rings. The van der Waals surface area contributed by atoms with Gasteiger partial charge in [0.05, 0.1) is 12.9 Å². The van der Waals surface area contributed by atoms with Crippen molar-refractivity contribution in [3.8, 4) is 0 Å². The Morgan fingerprint density at radius 2 is 2.00 bits per heavy atom. The third kappa shape index (κ3) is 4.51. The summed E-state index contributed by atoms with van der Waals surface area (Å²) in [7, 11) is 0. The summed E-state index contributed by atoms with van der Waals surface area (Å²) >= 11 is 0. The van der Waals surface area contributed by atoms with E-state index in [1.807, 2.05) is 32.0 Å². The molecule has 0 spiro atoms. The fraction of sp³-hybridized carbons (Fsp3) is 0.520. The molecule has 1 aromatic heterocycles. The van der Waals surface area contributed by atoms with E-state index in [1.165, 1.54) is 11.9 Å². The quantitative estimate of drug-likeness (QED) is 0.676.